The third-order valence-electron chi connectivity index (χ3n) is 11.0. The van der Waals surface area contributed by atoms with Crippen LogP contribution in [0.25, 0.3) is 120 Å². The molecule has 0 saturated heterocycles. The summed E-state index contributed by atoms with van der Waals surface area (Å²) in [5, 5.41) is 6.78. The van der Waals surface area contributed by atoms with Crippen molar-refractivity contribution in [1.82, 2.24) is 15.0 Å². The van der Waals surface area contributed by atoms with Gasteiger partial charge in [0.1, 0.15) is 22.3 Å². The topological polar surface area (TPSA) is 65.0 Å². The van der Waals surface area contributed by atoms with E-state index < -0.39 is 0 Å². The van der Waals surface area contributed by atoms with Crippen LogP contribution in [0.3, 0.4) is 0 Å². The van der Waals surface area contributed by atoms with Crippen LogP contribution in [0.15, 0.2) is 185 Å². The molecule has 0 atom stereocenters. The number of hydrogen-bond acceptors (Lipinski definition) is 6. The van der Waals surface area contributed by atoms with E-state index in [-0.39, 0.29) is 0 Å². The Morgan fingerprint density at radius 2 is 0.912 bits per heavy atom. The molecule has 0 spiro atoms. The quantitative estimate of drug-likeness (QED) is 0.175. The van der Waals surface area contributed by atoms with Gasteiger partial charge in [0.2, 0.25) is 0 Å². The minimum absolute atomic E-state index is 0.588. The fourth-order valence-corrected chi connectivity index (χ4v) is 9.37. The summed E-state index contributed by atoms with van der Waals surface area (Å²) in [5.74, 6) is 1.84. The highest BCUT2D eigenvalue weighted by molar-refractivity contribution is 7.25. The monoisotopic (exact) mass is 747 g/mol. The number of thiophene rings is 1. The van der Waals surface area contributed by atoms with Crippen LogP contribution in [0.4, 0.5) is 0 Å². The molecule has 0 saturated carbocycles. The van der Waals surface area contributed by atoms with Gasteiger partial charge in [0, 0.05) is 64.0 Å². The number of furan rings is 2. The zero-order valence-electron chi connectivity index (χ0n) is 30.3. The standard InChI is InChI=1S/C51H29N3O2S/c1-3-11-30(12-4-1)47-35(24-25-40-36-15-7-9-17-42(36)56-48(40)47)32-21-26-43-41(27-32)37-22-19-33(28-44(37)55-43)50-52-49(31-13-5-2-6-14-31)53-51(54-50)34-20-23-39-38-16-8-10-18-45(38)57-46(39)29-34/h1-29H. The Morgan fingerprint density at radius 3 is 1.72 bits per heavy atom. The molecule has 5 nitrogen and oxygen atoms in total. The molecule has 0 aliphatic heterocycles. The van der Waals surface area contributed by atoms with Crippen LogP contribution in [0.5, 0.6) is 0 Å². The number of nitrogens with zero attached hydrogens (tertiary/aromatic N) is 3. The highest BCUT2D eigenvalue weighted by atomic mass is 32.1. The average Bonchev–Trinajstić information content (AvgIpc) is 3.97. The Balaban J connectivity index is 0.992. The molecule has 6 heteroatoms. The lowest BCUT2D eigenvalue weighted by Gasteiger charge is -2.11. The zero-order valence-corrected chi connectivity index (χ0v) is 31.1. The second-order valence-corrected chi connectivity index (χ2v) is 15.4. The molecule has 0 bridgehead atoms. The van der Waals surface area contributed by atoms with Gasteiger partial charge in [-0.3, -0.25) is 0 Å². The van der Waals surface area contributed by atoms with Crippen molar-refractivity contribution in [2.75, 3.05) is 0 Å². The van der Waals surface area contributed by atoms with Crippen molar-refractivity contribution in [1.29, 1.82) is 0 Å². The number of hydrogen-bond donors (Lipinski definition) is 0. The van der Waals surface area contributed by atoms with E-state index in [1.165, 1.54) is 20.2 Å². The number of fused-ring (bicyclic) bond motifs is 9. The van der Waals surface area contributed by atoms with Crippen molar-refractivity contribution in [2.24, 2.45) is 0 Å². The van der Waals surface area contributed by atoms with Gasteiger partial charge in [-0.15, -0.1) is 11.3 Å². The van der Waals surface area contributed by atoms with Gasteiger partial charge in [-0.1, -0.05) is 127 Å². The smallest absolute Gasteiger partial charge is 0.164 e. The molecule has 12 aromatic rings. The summed E-state index contributed by atoms with van der Waals surface area (Å²) in [4.78, 5) is 15.1. The first kappa shape index (κ1) is 31.9. The van der Waals surface area contributed by atoms with Crippen molar-refractivity contribution < 1.29 is 8.83 Å². The average molecular weight is 748 g/mol. The molecule has 8 aromatic carbocycles. The van der Waals surface area contributed by atoms with Gasteiger partial charge < -0.3 is 8.83 Å². The molecular formula is C51H29N3O2S. The summed E-state index contributed by atoms with van der Waals surface area (Å²) >= 11 is 1.79. The number of benzene rings is 8. The Kier molecular flexibility index (Phi) is 7.03. The third kappa shape index (κ3) is 5.19. The summed E-state index contributed by atoms with van der Waals surface area (Å²) in [6.07, 6.45) is 0. The maximum absolute atomic E-state index is 6.57. The maximum atomic E-state index is 6.57. The molecular weight excluding hydrogens is 719 g/mol. The van der Waals surface area contributed by atoms with Crippen LogP contribution >= 0.6 is 11.3 Å². The molecule has 4 heterocycles. The molecule has 12 rings (SSSR count). The molecule has 0 aliphatic rings. The highest BCUT2D eigenvalue weighted by Crippen LogP contribution is 2.44. The Hall–Kier alpha value is -7.41. The molecule has 0 unspecified atom stereocenters. The second-order valence-electron chi connectivity index (χ2n) is 14.3. The van der Waals surface area contributed by atoms with Gasteiger partial charge in [0.25, 0.3) is 0 Å². The maximum Gasteiger partial charge on any atom is 0.164 e. The predicted molar refractivity (Wildman–Crippen MR) is 234 cm³/mol. The van der Waals surface area contributed by atoms with Crippen LogP contribution in [0, 0.1) is 0 Å². The van der Waals surface area contributed by atoms with Gasteiger partial charge in [-0.05, 0) is 65.2 Å². The van der Waals surface area contributed by atoms with E-state index >= 15 is 0 Å². The first-order valence-corrected chi connectivity index (χ1v) is 19.7. The molecule has 0 aliphatic carbocycles. The van der Waals surface area contributed by atoms with Crippen molar-refractivity contribution >= 4 is 75.4 Å². The molecule has 0 fully saturated rings. The van der Waals surface area contributed by atoms with Crippen LogP contribution in [-0.4, -0.2) is 15.0 Å². The molecule has 57 heavy (non-hydrogen) atoms. The Morgan fingerprint density at radius 1 is 0.333 bits per heavy atom. The summed E-state index contributed by atoms with van der Waals surface area (Å²) in [6, 6.07) is 61.0. The summed E-state index contributed by atoms with van der Waals surface area (Å²) < 4.78 is 15.6. The molecule has 0 amide bonds. The molecule has 4 aromatic heterocycles. The number of rotatable bonds is 5. The van der Waals surface area contributed by atoms with Crippen LogP contribution in [-0.2, 0) is 0 Å². The Labute approximate surface area is 330 Å². The van der Waals surface area contributed by atoms with Crippen molar-refractivity contribution in [2.45, 2.75) is 0 Å². The Bertz CT molecular complexity index is 3530. The second kappa shape index (κ2) is 12.6. The molecule has 0 N–H and O–H groups in total. The highest BCUT2D eigenvalue weighted by Gasteiger charge is 2.20. The third-order valence-corrected chi connectivity index (χ3v) is 12.1. The van der Waals surface area contributed by atoms with Crippen molar-refractivity contribution in [3.63, 3.8) is 0 Å². The van der Waals surface area contributed by atoms with Gasteiger partial charge >= 0.3 is 0 Å². The van der Waals surface area contributed by atoms with Crippen molar-refractivity contribution in [3.05, 3.63) is 176 Å². The van der Waals surface area contributed by atoms with E-state index in [4.69, 9.17) is 23.8 Å². The SMILES string of the molecule is c1ccc(-c2nc(-c3ccc4c(c3)oc3ccc(-c5ccc6c(oc7ccccc76)c5-c5ccccc5)cc34)nc(-c3ccc4c(c3)sc3ccccc34)n2)cc1. The van der Waals surface area contributed by atoms with Crippen molar-refractivity contribution in [3.8, 4) is 56.4 Å². The van der Waals surface area contributed by atoms with Gasteiger partial charge in [0.15, 0.2) is 17.5 Å². The lowest BCUT2D eigenvalue weighted by Crippen LogP contribution is -2.00. The first-order chi connectivity index (χ1) is 28.2. The van der Waals surface area contributed by atoms with E-state index in [1.807, 2.05) is 54.6 Å². The van der Waals surface area contributed by atoms with Crippen LogP contribution < -0.4 is 0 Å². The summed E-state index contributed by atoms with van der Waals surface area (Å²) in [7, 11) is 0. The summed E-state index contributed by atoms with van der Waals surface area (Å²) in [6.45, 7) is 0. The molecule has 266 valence electrons. The van der Waals surface area contributed by atoms with E-state index in [0.717, 1.165) is 82.8 Å². The first-order valence-electron chi connectivity index (χ1n) is 18.9. The number of para-hydroxylation sites is 1. The van der Waals surface area contributed by atoms with Crippen LogP contribution in [0.1, 0.15) is 0 Å². The fourth-order valence-electron chi connectivity index (χ4n) is 8.22. The largest absolute Gasteiger partial charge is 0.456 e. The van der Waals surface area contributed by atoms with Crippen LogP contribution in [0.2, 0.25) is 0 Å². The normalized spacial score (nSPS) is 11.9. The van der Waals surface area contributed by atoms with E-state index in [2.05, 4.69) is 121 Å². The number of aromatic nitrogens is 3. The zero-order chi connectivity index (χ0) is 37.5. The minimum Gasteiger partial charge on any atom is -0.456 e. The van der Waals surface area contributed by atoms with Gasteiger partial charge in [-0.2, -0.15) is 0 Å². The lowest BCUT2D eigenvalue weighted by molar-refractivity contribution is 0.669. The summed E-state index contributed by atoms with van der Waals surface area (Å²) in [5.41, 5.74) is 10.4. The predicted octanol–water partition coefficient (Wildman–Crippen LogP) is 14.4. The molecule has 0 radical (unpaired) electrons. The van der Waals surface area contributed by atoms with E-state index in [9.17, 15) is 0 Å². The van der Waals surface area contributed by atoms with E-state index in [0.29, 0.717) is 17.5 Å². The van der Waals surface area contributed by atoms with Gasteiger partial charge in [0.05, 0.1) is 0 Å². The van der Waals surface area contributed by atoms with E-state index in [1.54, 1.807) is 11.3 Å². The lowest BCUT2D eigenvalue weighted by atomic mass is 9.92. The van der Waals surface area contributed by atoms with Gasteiger partial charge in [-0.25, -0.2) is 15.0 Å². The fraction of sp³-hybridized carbons (Fsp3) is 0. The minimum atomic E-state index is 0.588.